The Hall–Kier alpha value is -3.73. The van der Waals surface area contributed by atoms with E-state index in [0.29, 0.717) is 35.3 Å². The third kappa shape index (κ3) is 4.19. The van der Waals surface area contributed by atoms with Crippen molar-refractivity contribution in [3.05, 3.63) is 85.3 Å². The van der Waals surface area contributed by atoms with Gasteiger partial charge in [0.25, 0.3) is 5.56 Å². The molecule has 0 amide bonds. The number of aromatic amines is 1. The van der Waals surface area contributed by atoms with Crippen LogP contribution in [0.15, 0.2) is 47.3 Å². The number of aromatic nitrogens is 2. The minimum atomic E-state index is -4.45. The predicted octanol–water partition coefficient (Wildman–Crippen LogP) is 3.63. The second-order valence-corrected chi connectivity index (χ2v) is 7.42. The number of phenolic OH excluding ortho intramolecular Hbond substituents is 1. The van der Waals surface area contributed by atoms with Crippen molar-refractivity contribution >= 4 is 5.69 Å². The van der Waals surface area contributed by atoms with Crippen LogP contribution in [-0.2, 0) is 25.7 Å². The van der Waals surface area contributed by atoms with Crippen LogP contribution in [0.25, 0.3) is 11.4 Å². The van der Waals surface area contributed by atoms with Gasteiger partial charge >= 0.3 is 11.9 Å². The summed E-state index contributed by atoms with van der Waals surface area (Å²) in [6, 6.07) is 8.65. The van der Waals surface area contributed by atoms with Crippen molar-refractivity contribution in [2.24, 2.45) is 0 Å². The van der Waals surface area contributed by atoms with Gasteiger partial charge in [0.2, 0.25) is 0 Å². The lowest BCUT2D eigenvalue weighted by atomic mass is 10.0. The highest BCUT2D eigenvalue weighted by Crippen LogP contribution is 2.32. The van der Waals surface area contributed by atoms with Crippen molar-refractivity contribution in [2.75, 3.05) is 6.54 Å². The SMILES string of the molecule is O=c1[nH]c(-c2ccc(C(F)(F)F)cc2)nc2c1CN(Cc1cccc([N+](=O)[O-])c1O)CC2. The van der Waals surface area contributed by atoms with E-state index in [4.69, 9.17) is 0 Å². The lowest BCUT2D eigenvalue weighted by Gasteiger charge is -2.27. The van der Waals surface area contributed by atoms with Crippen LogP contribution in [-0.4, -0.2) is 31.4 Å². The van der Waals surface area contributed by atoms with Gasteiger partial charge in [-0.05, 0) is 12.1 Å². The Labute approximate surface area is 179 Å². The predicted molar refractivity (Wildman–Crippen MR) is 108 cm³/mol. The molecule has 0 saturated heterocycles. The van der Waals surface area contributed by atoms with Crippen LogP contribution in [0.5, 0.6) is 5.75 Å². The topological polar surface area (TPSA) is 112 Å². The summed E-state index contributed by atoms with van der Waals surface area (Å²) in [6.07, 6.45) is -4.05. The minimum Gasteiger partial charge on any atom is -0.502 e. The molecular formula is C21H17F3N4O4. The van der Waals surface area contributed by atoms with Crippen LogP contribution in [0.4, 0.5) is 18.9 Å². The molecule has 0 spiro atoms. The second kappa shape index (κ2) is 8.08. The van der Waals surface area contributed by atoms with Gasteiger partial charge < -0.3 is 10.1 Å². The van der Waals surface area contributed by atoms with Crippen molar-refractivity contribution in [1.29, 1.82) is 0 Å². The molecule has 0 fully saturated rings. The van der Waals surface area contributed by atoms with E-state index in [0.717, 1.165) is 12.1 Å². The molecule has 8 nitrogen and oxygen atoms in total. The highest BCUT2D eigenvalue weighted by Gasteiger charge is 2.30. The maximum Gasteiger partial charge on any atom is 0.416 e. The van der Waals surface area contributed by atoms with Crippen LogP contribution in [0, 0.1) is 10.1 Å². The van der Waals surface area contributed by atoms with E-state index in [2.05, 4.69) is 9.97 Å². The maximum absolute atomic E-state index is 12.8. The zero-order valence-electron chi connectivity index (χ0n) is 16.5. The second-order valence-electron chi connectivity index (χ2n) is 7.42. The number of benzene rings is 2. The summed E-state index contributed by atoms with van der Waals surface area (Å²) >= 11 is 0. The van der Waals surface area contributed by atoms with Gasteiger partial charge in [0.1, 0.15) is 5.82 Å². The van der Waals surface area contributed by atoms with Gasteiger partial charge in [-0.3, -0.25) is 19.8 Å². The van der Waals surface area contributed by atoms with Gasteiger partial charge in [0, 0.05) is 43.2 Å². The first-order valence-electron chi connectivity index (χ1n) is 9.61. The number of hydrogen-bond donors (Lipinski definition) is 2. The largest absolute Gasteiger partial charge is 0.502 e. The molecule has 1 aliphatic rings. The summed E-state index contributed by atoms with van der Waals surface area (Å²) in [6.45, 7) is 0.901. The number of nitrogens with zero attached hydrogens (tertiary/aromatic N) is 3. The number of H-pyrrole nitrogens is 1. The molecule has 0 bridgehead atoms. The van der Waals surface area contributed by atoms with Gasteiger partial charge in [0.15, 0.2) is 5.75 Å². The average molecular weight is 446 g/mol. The normalized spacial score (nSPS) is 14.2. The number of fused-ring (bicyclic) bond motifs is 1. The van der Waals surface area contributed by atoms with E-state index < -0.39 is 28.0 Å². The van der Waals surface area contributed by atoms with Crippen molar-refractivity contribution in [2.45, 2.75) is 25.7 Å². The van der Waals surface area contributed by atoms with E-state index in [1.165, 1.54) is 24.3 Å². The molecule has 166 valence electrons. The number of phenols is 1. The molecule has 2 aromatic carbocycles. The molecule has 0 saturated carbocycles. The Balaban J connectivity index is 1.56. The first kappa shape index (κ1) is 21.5. The number of nitro benzene ring substituents is 1. The Morgan fingerprint density at radius 2 is 1.91 bits per heavy atom. The molecule has 0 radical (unpaired) electrons. The zero-order chi connectivity index (χ0) is 23.0. The number of rotatable bonds is 4. The van der Waals surface area contributed by atoms with Crippen LogP contribution < -0.4 is 5.56 Å². The molecule has 1 aromatic heterocycles. The fourth-order valence-electron chi connectivity index (χ4n) is 3.66. The Morgan fingerprint density at radius 3 is 2.56 bits per heavy atom. The molecule has 0 unspecified atom stereocenters. The van der Waals surface area contributed by atoms with Gasteiger partial charge in [-0.25, -0.2) is 4.98 Å². The highest BCUT2D eigenvalue weighted by molar-refractivity contribution is 5.56. The monoisotopic (exact) mass is 446 g/mol. The molecule has 0 aliphatic carbocycles. The highest BCUT2D eigenvalue weighted by atomic mass is 19.4. The molecule has 2 N–H and O–H groups in total. The smallest absolute Gasteiger partial charge is 0.416 e. The number of hydrogen-bond acceptors (Lipinski definition) is 6. The molecule has 11 heteroatoms. The van der Waals surface area contributed by atoms with E-state index >= 15 is 0 Å². The lowest BCUT2D eigenvalue weighted by molar-refractivity contribution is -0.386. The van der Waals surface area contributed by atoms with Gasteiger partial charge in [0.05, 0.1) is 21.7 Å². The molecule has 1 aliphatic heterocycles. The first-order chi connectivity index (χ1) is 15.1. The maximum atomic E-state index is 12.8. The summed E-state index contributed by atoms with van der Waals surface area (Å²) in [7, 11) is 0. The number of para-hydroxylation sites is 1. The average Bonchev–Trinajstić information content (AvgIpc) is 2.75. The number of alkyl halides is 3. The summed E-state index contributed by atoms with van der Waals surface area (Å²) in [5.41, 5.74) is 0.107. The van der Waals surface area contributed by atoms with Crippen LogP contribution in [0.3, 0.4) is 0 Å². The van der Waals surface area contributed by atoms with E-state index in [9.17, 15) is 33.2 Å². The summed E-state index contributed by atoms with van der Waals surface area (Å²) in [5, 5.41) is 21.2. The van der Waals surface area contributed by atoms with Crippen LogP contribution >= 0.6 is 0 Å². The van der Waals surface area contributed by atoms with Crippen LogP contribution in [0.2, 0.25) is 0 Å². The van der Waals surface area contributed by atoms with E-state index in [1.54, 1.807) is 6.07 Å². The summed E-state index contributed by atoms with van der Waals surface area (Å²) < 4.78 is 38.3. The number of halogens is 3. The van der Waals surface area contributed by atoms with Crippen molar-refractivity contribution in [1.82, 2.24) is 14.9 Å². The molecule has 32 heavy (non-hydrogen) atoms. The van der Waals surface area contributed by atoms with Gasteiger partial charge in [-0.2, -0.15) is 13.2 Å². The summed E-state index contributed by atoms with van der Waals surface area (Å²) in [5.74, 6) is -0.222. The lowest BCUT2D eigenvalue weighted by Crippen LogP contribution is -2.35. The van der Waals surface area contributed by atoms with Crippen molar-refractivity contribution in [3.8, 4) is 17.1 Å². The Kier molecular flexibility index (Phi) is 5.43. The number of nitro groups is 1. The number of nitrogens with one attached hydrogen (secondary N) is 1. The van der Waals surface area contributed by atoms with E-state index in [1.807, 2.05) is 4.90 Å². The molecule has 2 heterocycles. The molecule has 0 atom stereocenters. The molecule has 4 rings (SSSR count). The standard InChI is InChI=1S/C21H17F3N4O4/c22-21(23,24)14-6-4-12(5-7-14)19-25-16-8-9-27(11-15(16)20(30)26-19)10-13-2-1-3-17(18(13)29)28(31)32/h1-7,29H,8-11H2,(H,25,26,30). The summed E-state index contributed by atoms with van der Waals surface area (Å²) in [4.78, 5) is 31.9. The first-order valence-corrected chi connectivity index (χ1v) is 9.61. The van der Waals surface area contributed by atoms with Crippen LogP contribution in [0.1, 0.15) is 22.4 Å². The fraction of sp³-hybridized carbons (Fsp3) is 0.238. The van der Waals surface area contributed by atoms with Crippen molar-refractivity contribution < 1.29 is 23.2 Å². The number of aromatic hydroxyl groups is 1. The van der Waals surface area contributed by atoms with Crippen molar-refractivity contribution in [3.63, 3.8) is 0 Å². The quantitative estimate of drug-likeness (QED) is 0.468. The van der Waals surface area contributed by atoms with Gasteiger partial charge in [-0.15, -0.1) is 0 Å². The molecule has 3 aromatic rings. The third-order valence-electron chi connectivity index (χ3n) is 5.32. The van der Waals surface area contributed by atoms with E-state index in [-0.39, 0.29) is 24.6 Å². The fourth-order valence-corrected chi connectivity index (χ4v) is 3.66. The Bertz CT molecular complexity index is 1240. The Morgan fingerprint density at radius 1 is 1.19 bits per heavy atom. The third-order valence-corrected chi connectivity index (χ3v) is 5.32. The zero-order valence-corrected chi connectivity index (χ0v) is 16.5. The minimum absolute atomic E-state index is 0.187. The van der Waals surface area contributed by atoms with Gasteiger partial charge in [-0.1, -0.05) is 24.3 Å². The molecular weight excluding hydrogens is 429 g/mol.